The predicted molar refractivity (Wildman–Crippen MR) is 86.4 cm³/mol. The number of aryl methyl sites for hydroxylation is 1. The van der Waals surface area contributed by atoms with Crippen LogP contribution in [0.3, 0.4) is 0 Å². The Balaban J connectivity index is 1.71. The number of nitrogens with zero attached hydrogens (tertiary/aromatic N) is 3. The van der Waals surface area contributed by atoms with Gasteiger partial charge >= 0.3 is 5.82 Å². The summed E-state index contributed by atoms with van der Waals surface area (Å²) in [5, 5.41) is 15.3. The molecule has 2 N–H and O–H groups in total. The number of hydrogen-bond acceptors (Lipinski definition) is 3. The quantitative estimate of drug-likeness (QED) is 0.834. The van der Waals surface area contributed by atoms with Crippen LogP contribution in [-0.4, -0.2) is 22.0 Å². The van der Waals surface area contributed by atoms with Crippen molar-refractivity contribution in [1.82, 2.24) is 15.4 Å². The van der Waals surface area contributed by atoms with E-state index in [-0.39, 0.29) is 17.9 Å². The number of nitrogens with one attached hydrogen (secondary N) is 2. The molecule has 2 aliphatic rings. The summed E-state index contributed by atoms with van der Waals surface area (Å²) in [4.78, 5) is 16.5. The van der Waals surface area contributed by atoms with Crippen LogP contribution >= 0.6 is 0 Å². The van der Waals surface area contributed by atoms with Crippen molar-refractivity contribution < 1.29 is 9.48 Å². The molecular weight excluding hydrogens is 302 g/mol. The second-order valence-corrected chi connectivity index (χ2v) is 6.43. The lowest BCUT2D eigenvalue weighted by Crippen LogP contribution is -2.48. The first-order chi connectivity index (χ1) is 11.7. The van der Waals surface area contributed by atoms with Gasteiger partial charge in [-0.25, -0.2) is 0 Å². The molecule has 1 unspecified atom stereocenters. The molecular formula is C18H18N5O+. The molecule has 0 spiro atoms. The third-order valence-electron chi connectivity index (χ3n) is 4.57. The van der Waals surface area contributed by atoms with Gasteiger partial charge in [0.15, 0.2) is 5.70 Å². The highest BCUT2D eigenvalue weighted by molar-refractivity contribution is 5.81. The molecule has 6 nitrogen and oxygen atoms in total. The highest BCUT2D eigenvalue weighted by atomic mass is 16.2. The summed E-state index contributed by atoms with van der Waals surface area (Å²) in [5.41, 5.74) is 3.63. The molecule has 0 radical (unpaired) electrons. The van der Waals surface area contributed by atoms with Crippen molar-refractivity contribution in [2.45, 2.75) is 32.2 Å². The normalized spacial score (nSPS) is 19.2. The number of aromatic amines is 1. The van der Waals surface area contributed by atoms with Gasteiger partial charge in [0.2, 0.25) is 12.2 Å². The number of rotatable bonds is 3. The SMILES string of the molecule is Cc1cc(C#N)ccc1C1=CC(NC(=O)C2CC2)Cc2nc[nH][n+]21. The number of amides is 1. The molecule has 1 atom stereocenters. The Labute approximate surface area is 139 Å². The minimum absolute atomic E-state index is 0.0635. The van der Waals surface area contributed by atoms with E-state index in [2.05, 4.69) is 27.5 Å². The first kappa shape index (κ1) is 14.6. The Bertz CT molecular complexity index is 885. The van der Waals surface area contributed by atoms with Gasteiger partial charge in [-0.3, -0.25) is 4.79 Å². The topological polar surface area (TPSA) is 85.4 Å². The van der Waals surface area contributed by atoms with E-state index in [9.17, 15) is 4.79 Å². The van der Waals surface area contributed by atoms with Crippen LogP contribution in [0.15, 0.2) is 30.6 Å². The van der Waals surface area contributed by atoms with E-state index < -0.39 is 0 Å². The van der Waals surface area contributed by atoms with E-state index in [1.54, 1.807) is 6.33 Å². The molecule has 1 fully saturated rings. The molecule has 120 valence electrons. The lowest BCUT2D eigenvalue weighted by molar-refractivity contribution is -0.651. The van der Waals surface area contributed by atoms with Crippen molar-refractivity contribution in [1.29, 1.82) is 5.26 Å². The van der Waals surface area contributed by atoms with Gasteiger partial charge in [0.1, 0.15) is 0 Å². The second kappa shape index (κ2) is 5.60. The van der Waals surface area contributed by atoms with Crippen molar-refractivity contribution in [3.63, 3.8) is 0 Å². The van der Waals surface area contributed by atoms with Crippen LogP contribution in [0.5, 0.6) is 0 Å². The Morgan fingerprint density at radius 3 is 3.00 bits per heavy atom. The molecule has 1 aromatic heterocycles. The van der Waals surface area contributed by atoms with Gasteiger partial charge < -0.3 is 5.32 Å². The maximum atomic E-state index is 12.1. The van der Waals surface area contributed by atoms with Crippen LogP contribution in [0.1, 0.15) is 35.4 Å². The molecule has 1 aromatic carbocycles. The number of carbonyl (C=O) groups is 1. The lowest BCUT2D eigenvalue weighted by atomic mass is 9.98. The molecule has 0 saturated heterocycles. The summed E-state index contributed by atoms with van der Waals surface area (Å²) in [6.45, 7) is 1.99. The van der Waals surface area contributed by atoms with Gasteiger partial charge in [-0.2, -0.15) is 10.4 Å². The third-order valence-corrected chi connectivity index (χ3v) is 4.57. The van der Waals surface area contributed by atoms with Crippen molar-refractivity contribution in [2.24, 2.45) is 5.92 Å². The Kier molecular flexibility index (Phi) is 3.42. The van der Waals surface area contributed by atoms with E-state index in [4.69, 9.17) is 5.26 Å². The van der Waals surface area contributed by atoms with Gasteiger partial charge in [0, 0.05) is 11.5 Å². The fourth-order valence-electron chi connectivity index (χ4n) is 3.14. The van der Waals surface area contributed by atoms with E-state index in [0.29, 0.717) is 12.0 Å². The largest absolute Gasteiger partial charge is 0.349 e. The van der Waals surface area contributed by atoms with Crippen molar-refractivity contribution in [3.05, 3.63) is 53.1 Å². The number of nitriles is 1. The standard InChI is InChI=1S/C18H17N5O/c1-11-6-12(9-19)2-5-15(11)16-7-14(22-18(24)13-3-4-13)8-17-20-10-21-23(16)17/h2,5-7,10,13-14H,3-4,8H2,1H3,(H,22,24)/p+1. The minimum atomic E-state index is -0.0635. The van der Waals surface area contributed by atoms with Gasteiger partial charge in [0.05, 0.1) is 24.1 Å². The molecule has 24 heavy (non-hydrogen) atoms. The minimum Gasteiger partial charge on any atom is -0.349 e. The van der Waals surface area contributed by atoms with Gasteiger partial charge in [0.25, 0.3) is 0 Å². The second-order valence-electron chi connectivity index (χ2n) is 6.43. The summed E-state index contributed by atoms with van der Waals surface area (Å²) in [5.74, 6) is 1.21. The van der Waals surface area contributed by atoms with Crippen molar-refractivity contribution >= 4 is 11.6 Å². The number of hydrogen-bond donors (Lipinski definition) is 2. The monoisotopic (exact) mass is 320 g/mol. The Morgan fingerprint density at radius 1 is 1.46 bits per heavy atom. The van der Waals surface area contributed by atoms with Crippen LogP contribution < -0.4 is 10.00 Å². The molecule has 0 bridgehead atoms. The summed E-state index contributed by atoms with van der Waals surface area (Å²) in [6, 6.07) is 7.73. The molecule has 2 heterocycles. The first-order valence-corrected chi connectivity index (χ1v) is 8.13. The average Bonchev–Trinajstić information content (AvgIpc) is 3.32. The number of benzene rings is 1. The van der Waals surface area contributed by atoms with Crippen molar-refractivity contribution in [2.75, 3.05) is 0 Å². The molecule has 1 amide bonds. The summed E-state index contributed by atoms with van der Waals surface area (Å²) >= 11 is 0. The smallest absolute Gasteiger partial charge is 0.326 e. The van der Waals surface area contributed by atoms with Crippen LogP contribution in [-0.2, 0) is 11.2 Å². The first-order valence-electron chi connectivity index (χ1n) is 8.13. The van der Waals surface area contributed by atoms with E-state index in [1.165, 1.54) is 0 Å². The van der Waals surface area contributed by atoms with Crippen molar-refractivity contribution in [3.8, 4) is 6.07 Å². The average molecular weight is 320 g/mol. The highest BCUT2D eigenvalue weighted by Crippen LogP contribution is 2.29. The molecule has 4 rings (SSSR count). The maximum absolute atomic E-state index is 12.1. The predicted octanol–water partition coefficient (Wildman–Crippen LogP) is 1.22. The maximum Gasteiger partial charge on any atom is 0.326 e. The molecule has 1 aliphatic carbocycles. The third kappa shape index (κ3) is 2.58. The number of aromatic nitrogens is 3. The van der Waals surface area contributed by atoms with Gasteiger partial charge in [-0.1, -0.05) is 0 Å². The fourth-order valence-corrected chi connectivity index (χ4v) is 3.14. The molecule has 2 aromatic rings. The van der Waals surface area contributed by atoms with Crippen LogP contribution in [0.4, 0.5) is 0 Å². The van der Waals surface area contributed by atoms with Gasteiger partial charge in [-0.15, -0.1) is 4.68 Å². The summed E-state index contributed by atoms with van der Waals surface area (Å²) in [7, 11) is 0. The molecule has 1 saturated carbocycles. The van der Waals surface area contributed by atoms with E-state index in [1.807, 2.05) is 29.8 Å². The van der Waals surface area contributed by atoms with Crippen LogP contribution in [0, 0.1) is 24.2 Å². The number of fused-ring (bicyclic) bond motifs is 1. The summed E-state index contributed by atoms with van der Waals surface area (Å²) in [6.07, 6.45) is 6.38. The van der Waals surface area contributed by atoms with Crippen LogP contribution in [0.2, 0.25) is 0 Å². The Morgan fingerprint density at radius 2 is 2.29 bits per heavy atom. The van der Waals surface area contributed by atoms with E-state index >= 15 is 0 Å². The van der Waals surface area contributed by atoms with E-state index in [0.717, 1.165) is 35.5 Å². The Hall–Kier alpha value is -2.94. The highest BCUT2D eigenvalue weighted by Gasteiger charge is 2.34. The summed E-state index contributed by atoms with van der Waals surface area (Å²) < 4.78 is 1.94. The number of H-pyrrole nitrogens is 1. The lowest BCUT2D eigenvalue weighted by Gasteiger charge is -2.19. The number of carbonyl (C=O) groups excluding carboxylic acids is 1. The molecule has 1 aliphatic heterocycles. The van der Waals surface area contributed by atoms with Gasteiger partial charge in [-0.05, 0) is 54.6 Å². The van der Waals surface area contributed by atoms with Crippen LogP contribution in [0.25, 0.3) is 5.70 Å². The zero-order chi connectivity index (χ0) is 16.7. The zero-order valence-electron chi connectivity index (χ0n) is 13.4. The molecule has 6 heteroatoms. The zero-order valence-corrected chi connectivity index (χ0v) is 13.4. The fraction of sp³-hybridized carbons (Fsp3) is 0.333.